The van der Waals surface area contributed by atoms with Crippen molar-refractivity contribution < 1.29 is 9.59 Å². The molecule has 2 fully saturated rings. The monoisotopic (exact) mass is 333 g/mol. The molecule has 3 amide bonds. The Kier molecular flexibility index (Phi) is 4.62. The van der Waals surface area contributed by atoms with E-state index >= 15 is 0 Å². The Morgan fingerprint density at radius 2 is 2.21 bits per heavy atom. The van der Waals surface area contributed by atoms with Crippen molar-refractivity contribution in [2.24, 2.45) is 13.0 Å². The first-order chi connectivity index (χ1) is 11.4. The van der Waals surface area contributed by atoms with Crippen LogP contribution in [0.5, 0.6) is 0 Å². The number of likely N-dealkylation sites (N-methyl/N-ethyl adjacent to an activating group) is 1. The lowest BCUT2D eigenvalue weighted by Gasteiger charge is -2.39. The van der Waals surface area contributed by atoms with Gasteiger partial charge in [0.2, 0.25) is 0 Å². The van der Waals surface area contributed by atoms with Crippen LogP contribution in [-0.4, -0.2) is 63.2 Å². The molecule has 0 aromatic carbocycles. The number of amides is 3. The summed E-state index contributed by atoms with van der Waals surface area (Å²) in [6, 6.07) is -0.252. The number of piperidine rings is 1. The standard InChI is InChI=1S/C17H27N5O2/c1-4-22-15(23)17(2,19-16(22)24)14-6-5-8-21(12-14)9-7-13-10-18-20(3)11-13/h10-11,14H,4-9,12H2,1-3H3,(H,19,24). The lowest BCUT2D eigenvalue weighted by Crippen LogP contribution is -2.56. The molecule has 1 aromatic heterocycles. The zero-order chi connectivity index (χ0) is 17.3. The van der Waals surface area contributed by atoms with Gasteiger partial charge in [0, 0.05) is 38.8 Å². The molecule has 0 spiro atoms. The van der Waals surface area contributed by atoms with E-state index in [9.17, 15) is 9.59 Å². The smallest absolute Gasteiger partial charge is 0.323 e. The van der Waals surface area contributed by atoms with Crippen LogP contribution in [0.2, 0.25) is 0 Å². The van der Waals surface area contributed by atoms with E-state index in [2.05, 4.69) is 15.3 Å². The van der Waals surface area contributed by atoms with Gasteiger partial charge in [-0.2, -0.15) is 5.10 Å². The highest BCUT2D eigenvalue weighted by molar-refractivity contribution is 6.07. The van der Waals surface area contributed by atoms with Gasteiger partial charge < -0.3 is 10.2 Å². The SMILES string of the molecule is CCN1C(=O)NC(C)(C2CCCN(CCc3cnn(C)c3)C2)C1=O. The van der Waals surface area contributed by atoms with Crippen LogP contribution in [0.25, 0.3) is 0 Å². The molecule has 0 aliphatic carbocycles. The van der Waals surface area contributed by atoms with E-state index < -0.39 is 5.54 Å². The molecule has 0 saturated carbocycles. The van der Waals surface area contributed by atoms with Gasteiger partial charge in [0.15, 0.2) is 0 Å². The highest BCUT2D eigenvalue weighted by atomic mass is 16.2. The number of imide groups is 1. The summed E-state index contributed by atoms with van der Waals surface area (Å²) in [5.41, 5.74) is 0.466. The van der Waals surface area contributed by atoms with Crippen molar-refractivity contribution in [1.82, 2.24) is 24.9 Å². The number of hydrogen-bond donors (Lipinski definition) is 1. The van der Waals surface area contributed by atoms with Crippen LogP contribution in [0.1, 0.15) is 32.3 Å². The zero-order valence-electron chi connectivity index (χ0n) is 14.8. The van der Waals surface area contributed by atoms with E-state index in [1.807, 2.05) is 38.0 Å². The minimum atomic E-state index is -0.764. The maximum atomic E-state index is 12.7. The third kappa shape index (κ3) is 3.05. The maximum absolute atomic E-state index is 12.7. The van der Waals surface area contributed by atoms with E-state index in [-0.39, 0.29) is 17.9 Å². The van der Waals surface area contributed by atoms with Crippen LogP contribution in [0, 0.1) is 5.92 Å². The van der Waals surface area contributed by atoms with E-state index in [1.165, 1.54) is 10.5 Å². The fraction of sp³-hybridized carbons (Fsp3) is 0.706. The average molecular weight is 333 g/mol. The number of urea groups is 1. The molecular formula is C17H27N5O2. The predicted octanol–water partition coefficient (Wildman–Crippen LogP) is 1.00. The third-order valence-electron chi connectivity index (χ3n) is 5.41. The van der Waals surface area contributed by atoms with Crippen molar-refractivity contribution in [3.8, 4) is 0 Å². The Balaban J connectivity index is 1.63. The highest BCUT2D eigenvalue weighted by Gasteiger charge is 2.52. The van der Waals surface area contributed by atoms with Gasteiger partial charge in [-0.25, -0.2) is 4.79 Å². The molecule has 2 aliphatic rings. The van der Waals surface area contributed by atoms with Crippen LogP contribution >= 0.6 is 0 Å². The van der Waals surface area contributed by atoms with E-state index in [0.717, 1.165) is 38.9 Å². The van der Waals surface area contributed by atoms with Crippen molar-refractivity contribution >= 4 is 11.9 Å². The van der Waals surface area contributed by atoms with Crippen molar-refractivity contribution in [3.05, 3.63) is 18.0 Å². The molecule has 3 heterocycles. The fourth-order valence-electron chi connectivity index (χ4n) is 3.90. The lowest BCUT2D eigenvalue weighted by molar-refractivity contribution is -0.133. The molecule has 1 N–H and O–H groups in total. The number of rotatable bonds is 5. The maximum Gasteiger partial charge on any atom is 0.325 e. The molecule has 2 saturated heterocycles. The number of aromatic nitrogens is 2. The minimum Gasteiger partial charge on any atom is -0.323 e. The number of likely N-dealkylation sites (tertiary alicyclic amines) is 1. The molecule has 3 rings (SSSR count). The van der Waals surface area contributed by atoms with Crippen molar-refractivity contribution in [2.45, 2.75) is 38.6 Å². The molecule has 2 atom stereocenters. The van der Waals surface area contributed by atoms with Crippen LogP contribution in [0.3, 0.4) is 0 Å². The van der Waals surface area contributed by atoms with E-state index in [1.54, 1.807) is 0 Å². The summed E-state index contributed by atoms with van der Waals surface area (Å²) in [4.78, 5) is 28.4. The van der Waals surface area contributed by atoms with Gasteiger partial charge >= 0.3 is 6.03 Å². The first kappa shape index (κ1) is 17.0. The van der Waals surface area contributed by atoms with Gasteiger partial charge in [-0.05, 0) is 45.2 Å². The summed E-state index contributed by atoms with van der Waals surface area (Å²) in [7, 11) is 1.93. The van der Waals surface area contributed by atoms with Gasteiger partial charge in [-0.1, -0.05) is 0 Å². The van der Waals surface area contributed by atoms with Gasteiger partial charge in [0.25, 0.3) is 5.91 Å². The number of nitrogens with zero attached hydrogens (tertiary/aromatic N) is 4. The second-order valence-electron chi connectivity index (χ2n) is 7.09. The summed E-state index contributed by atoms with van der Waals surface area (Å²) >= 11 is 0. The van der Waals surface area contributed by atoms with Gasteiger partial charge in [-0.15, -0.1) is 0 Å². The summed E-state index contributed by atoms with van der Waals surface area (Å²) in [5, 5.41) is 7.15. The zero-order valence-corrected chi connectivity index (χ0v) is 14.8. The van der Waals surface area contributed by atoms with Gasteiger partial charge in [-0.3, -0.25) is 14.4 Å². The van der Waals surface area contributed by atoms with Crippen molar-refractivity contribution in [1.29, 1.82) is 0 Å². The number of hydrogen-bond acceptors (Lipinski definition) is 4. The Morgan fingerprint density at radius 3 is 2.83 bits per heavy atom. The van der Waals surface area contributed by atoms with Gasteiger partial charge in [0.05, 0.1) is 6.20 Å². The van der Waals surface area contributed by atoms with Gasteiger partial charge in [0.1, 0.15) is 5.54 Å². The first-order valence-electron chi connectivity index (χ1n) is 8.78. The quantitative estimate of drug-likeness (QED) is 0.816. The first-order valence-corrected chi connectivity index (χ1v) is 8.78. The van der Waals surface area contributed by atoms with Crippen LogP contribution < -0.4 is 5.32 Å². The molecular weight excluding hydrogens is 306 g/mol. The molecule has 0 radical (unpaired) electrons. The second-order valence-corrected chi connectivity index (χ2v) is 7.09. The Hall–Kier alpha value is -1.89. The Labute approximate surface area is 143 Å². The summed E-state index contributed by atoms with van der Waals surface area (Å²) in [5.74, 6) is 0.0854. The van der Waals surface area contributed by atoms with Crippen molar-refractivity contribution in [3.63, 3.8) is 0 Å². The number of carbonyl (C=O) groups is 2. The molecule has 7 nitrogen and oxygen atoms in total. The molecule has 7 heteroatoms. The molecule has 2 aliphatic heterocycles. The normalized spacial score (nSPS) is 28.5. The topological polar surface area (TPSA) is 70.5 Å². The number of carbonyl (C=O) groups excluding carboxylic acids is 2. The van der Waals surface area contributed by atoms with Crippen molar-refractivity contribution in [2.75, 3.05) is 26.2 Å². The summed E-state index contributed by atoms with van der Waals surface area (Å²) in [6.45, 7) is 7.00. The van der Waals surface area contributed by atoms with E-state index in [0.29, 0.717) is 6.54 Å². The highest BCUT2D eigenvalue weighted by Crippen LogP contribution is 2.32. The van der Waals surface area contributed by atoms with Crippen LogP contribution in [-0.2, 0) is 18.3 Å². The largest absolute Gasteiger partial charge is 0.325 e. The Morgan fingerprint density at radius 1 is 1.42 bits per heavy atom. The number of nitrogens with one attached hydrogen (secondary N) is 1. The fourth-order valence-corrected chi connectivity index (χ4v) is 3.90. The molecule has 2 unspecified atom stereocenters. The summed E-state index contributed by atoms with van der Waals surface area (Å²) in [6.07, 6.45) is 6.94. The lowest BCUT2D eigenvalue weighted by atomic mass is 9.80. The number of aryl methyl sites for hydroxylation is 1. The minimum absolute atomic E-state index is 0.0749. The summed E-state index contributed by atoms with van der Waals surface area (Å²) < 4.78 is 1.82. The third-order valence-corrected chi connectivity index (χ3v) is 5.41. The van der Waals surface area contributed by atoms with Crippen LogP contribution in [0.4, 0.5) is 4.79 Å². The van der Waals surface area contributed by atoms with Crippen LogP contribution in [0.15, 0.2) is 12.4 Å². The molecule has 1 aromatic rings. The Bertz CT molecular complexity index is 628. The second kappa shape index (κ2) is 6.55. The molecule has 0 bridgehead atoms. The molecule has 132 valence electrons. The average Bonchev–Trinajstić information content (AvgIpc) is 3.08. The predicted molar refractivity (Wildman–Crippen MR) is 90.4 cm³/mol. The molecule has 24 heavy (non-hydrogen) atoms. The van der Waals surface area contributed by atoms with E-state index in [4.69, 9.17) is 0 Å².